The van der Waals surface area contributed by atoms with Crippen molar-refractivity contribution in [2.45, 2.75) is 23.8 Å². The van der Waals surface area contributed by atoms with Crippen molar-refractivity contribution in [2.24, 2.45) is 0 Å². The lowest BCUT2D eigenvalue weighted by atomic mass is 10.1. The molecule has 0 aliphatic rings. The number of sulfonamides is 1. The molecule has 122 valence electrons. The Labute approximate surface area is 143 Å². The molecule has 8 heteroatoms. The van der Waals surface area contributed by atoms with Crippen molar-refractivity contribution in [1.29, 1.82) is 0 Å². The number of nitrogens with one attached hydrogen (secondary N) is 1. The summed E-state index contributed by atoms with van der Waals surface area (Å²) in [4.78, 5) is 22.3. The molecule has 2 aromatic rings. The van der Waals surface area contributed by atoms with E-state index in [0.717, 1.165) is 5.39 Å². The Hall–Kier alpha value is -1.47. The zero-order valence-corrected chi connectivity index (χ0v) is 14.2. The van der Waals surface area contributed by atoms with E-state index < -0.39 is 26.5 Å². The third kappa shape index (κ3) is 4.51. The maximum Gasteiger partial charge on any atom is 0.241 e. The highest BCUT2D eigenvalue weighted by Gasteiger charge is 2.26. The standard InChI is InChI=1S/C15H13Cl2NO4S/c16-14(19)9-8-12(15(17)20)18-23(21,22)13-7-3-5-10-4-1-2-6-11(10)13/h1-7,12,18H,8-9H2. The van der Waals surface area contributed by atoms with Crippen LogP contribution in [0.3, 0.4) is 0 Å². The van der Waals surface area contributed by atoms with Gasteiger partial charge in [-0.2, -0.15) is 4.72 Å². The number of rotatable bonds is 7. The number of hydrogen-bond acceptors (Lipinski definition) is 4. The SMILES string of the molecule is O=C(Cl)CCC(NS(=O)(=O)c1cccc2ccccc12)C(=O)Cl. The maximum atomic E-state index is 12.6. The molecule has 1 unspecified atom stereocenters. The fourth-order valence-electron chi connectivity index (χ4n) is 2.16. The van der Waals surface area contributed by atoms with E-state index in [9.17, 15) is 18.0 Å². The van der Waals surface area contributed by atoms with Crippen LogP contribution >= 0.6 is 23.2 Å². The predicted octanol–water partition coefficient (Wildman–Crippen LogP) is 2.80. The van der Waals surface area contributed by atoms with Crippen molar-refractivity contribution in [1.82, 2.24) is 4.72 Å². The molecule has 0 aliphatic heterocycles. The number of hydrogen-bond donors (Lipinski definition) is 1. The van der Waals surface area contributed by atoms with E-state index >= 15 is 0 Å². The van der Waals surface area contributed by atoms with Crippen LogP contribution in [-0.4, -0.2) is 24.9 Å². The quantitative estimate of drug-likeness (QED) is 0.756. The second-order valence-electron chi connectivity index (χ2n) is 4.85. The van der Waals surface area contributed by atoms with Gasteiger partial charge in [0.25, 0.3) is 0 Å². The molecule has 0 saturated heterocycles. The van der Waals surface area contributed by atoms with Crippen LogP contribution in [-0.2, 0) is 19.6 Å². The molecule has 0 bridgehead atoms. The summed E-state index contributed by atoms with van der Waals surface area (Å²) in [6.45, 7) is 0. The zero-order valence-electron chi connectivity index (χ0n) is 11.8. The van der Waals surface area contributed by atoms with Crippen LogP contribution in [0.25, 0.3) is 10.8 Å². The van der Waals surface area contributed by atoms with Gasteiger partial charge < -0.3 is 0 Å². The molecule has 0 aliphatic carbocycles. The van der Waals surface area contributed by atoms with E-state index in [-0.39, 0.29) is 17.7 Å². The molecule has 2 rings (SSSR count). The van der Waals surface area contributed by atoms with Gasteiger partial charge >= 0.3 is 0 Å². The minimum atomic E-state index is -3.99. The Morgan fingerprint density at radius 3 is 2.35 bits per heavy atom. The minimum absolute atomic E-state index is 0.0377. The highest BCUT2D eigenvalue weighted by Crippen LogP contribution is 2.23. The van der Waals surface area contributed by atoms with E-state index in [2.05, 4.69) is 4.72 Å². The molecule has 5 nitrogen and oxygen atoms in total. The molecular weight excluding hydrogens is 361 g/mol. The van der Waals surface area contributed by atoms with Gasteiger partial charge in [0.15, 0.2) is 0 Å². The Bertz CT molecular complexity index is 846. The van der Waals surface area contributed by atoms with Crippen LogP contribution in [0.4, 0.5) is 0 Å². The Morgan fingerprint density at radius 2 is 1.70 bits per heavy atom. The Balaban J connectivity index is 2.36. The van der Waals surface area contributed by atoms with E-state index in [1.54, 1.807) is 36.4 Å². The summed E-state index contributed by atoms with van der Waals surface area (Å²) in [5.41, 5.74) is 0. The first kappa shape index (κ1) is 17.9. The molecular formula is C15H13Cl2NO4S. The van der Waals surface area contributed by atoms with Crippen LogP contribution in [0.15, 0.2) is 47.4 Å². The van der Waals surface area contributed by atoms with E-state index in [4.69, 9.17) is 23.2 Å². The monoisotopic (exact) mass is 373 g/mol. The topological polar surface area (TPSA) is 80.3 Å². The first-order valence-electron chi connectivity index (χ1n) is 6.69. The number of benzene rings is 2. The summed E-state index contributed by atoms with van der Waals surface area (Å²) in [5, 5.41) is -0.291. The van der Waals surface area contributed by atoms with E-state index in [0.29, 0.717) is 5.39 Å². The highest BCUT2D eigenvalue weighted by atomic mass is 35.5. The van der Waals surface area contributed by atoms with Gasteiger partial charge in [0, 0.05) is 11.8 Å². The van der Waals surface area contributed by atoms with Crippen molar-refractivity contribution < 1.29 is 18.0 Å². The lowest BCUT2D eigenvalue weighted by molar-refractivity contribution is -0.114. The summed E-state index contributed by atoms with van der Waals surface area (Å²) in [7, 11) is -3.99. The average molecular weight is 374 g/mol. The highest BCUT2D eigenvalue weighted by molar-refractivity contribution is 7.89. The molecule has 1 N–H and O–H groups in total. The van der Waals surface area contributed by atoms with Crippen LogP contribution in [0.5, 0.6) is 0 Å². The predicted molar refractivity (Wildman–Crippen MR) is 89.0 cm³/mol. The van der Waals surface area contributed by atoms with Crippen LogP contribution < -0.4 is 4.72 Å². The number of carbonyl (C=O) groups is 2. The Morgan fingerprint density at radius 1 is 1.04 bits per heavy atom. The van der Waals surface area contributed by atoms with Gasteiger partial charge in [0.2, 0.25) is 20.5 Å². The summed E-state index contributed by atoms with van der Waals surface area (Å²) in [5.74, 6) is 0. The number of fused-ring (bicyclic) bond motifs is 1. The molecule has 0 fully saturated rings. The molecule has 0 radical (unpaired) electrons. The first-order chi connectivity index (χ1) is 10.8. The molecule has 23 heavy (non-hydrogen) atoms. The van der Waals surface area contributed by atoms with Gasteiger partial charge in [-0.1, -0.05) is 36.4 Å². The first-order valence-corrected chi connectivity index (χ1v) is 8.93. The van der Waals surface area contributed by atoms with Gasteiger partial charge in [-0.3, -0.25) is 9.59 Å². The number of carbonyl (C=O) groups excluding carboxylic acids is 2. The Kier molecular flexibility index (Phi) is 5.75. The van der Waals surface area contributed by atoms with Crippen molar-refractivity contribution in [3.63, 3.8) is 0 Å². The molecule has 0 saturated carbocycles. The molecule has 0 amide bonds. The van der Waals surface area contributed by atoms with E-state index in [1.807, 2.05) is 0 Å². The summed E-state index contributed by atoms with van der Waals surface area (Å²) in [6, 6.07) is 10.6. The zero-order chi connectivity index (χ0) is 17.0. The minimum Gasteiger partial charge on any atom is -0.281 e. The fourth-order valence-corrected chi connectivity index (χ4v) is 3.95. The fraction of sp³-hybridized carbons (Fsp3) is 0.200. The lowest BCUT2D eigenvalue weighted by Gasteiger charge is -2.15. The van der Waals surface area contributed by atoms with Gasteiger partial charge in [-0.05, 0) is 41.1 Å². The molecule has 2 aromatic carbocycles. The third-order valence-electron chi connectivity index (χ3n) is 3.24. The van der Waals surface area contributed by atoms with Crippen molar-refractivity contribution in [3.8, 4) is 0 Å². The van der Waals surface area contributed by atoms with Crippen molar-refractivity contribution in [3.05, 3.63) is 42.5 Å². The van der Waals surface area contributed by atoms with Crippen molar-refractivity contribution in [2.75, 3.05) is 0 Å². The van der Waals surface area contributed by atoms with Gasteiger partial charge in [-0.25, -0.2) is 8.42 Å². The molecule has 0 aromatic heterocycles. The summed E-state index contributed by atoms with van der Waals surface area (Å²) >= 11 is 10.6. The normalized spacial score (nSPS) is 13.0. The molecule has 0 heterocycles. The second kappa shape index (κ2) is 7.40. The third-order valence-corrected chi connectivity index (χ3v) is 5.22. The van der Waals surface area contributed by atoms with Gasteiger partial charge in [0.05, 0.1) is 10.9 Å². The lowest BCUT2D eigenvalue weighted by Crippen LogP contribution is -2.39. The number of halogens is 2. The van der Waals surface area contributed by atoms with Crippen molar-refractivity contribution >= 4 is 54.5 Å². The second-order valence-corrected chi connectivity index (χ2v) is 7.33. The van der Waals surface area contributed by atoms with Gasteiger partial charge in [0.1, 0.15) is 0 Å². The largest absolute Gasteiger partial charge is 0.281 e. The summed E-state index contributed by atoms with van der Waals surface area (Å²) < 4.78 is 27.4. The molecule has 0 spiro atoms. The maximum absolute atomic E-state index is 12.6. The average Bonchev–Trinajstić information content (AvgIpc) is 2.50. The van der Waals surface area contributed by atoms with E-state index in [1.165, 1.54) is 6.07 Å². The van der Waals surface area contributed by atoms with Gasteiger partial charge in [-0.15, -0.1) is 0 Å². The smallest absolute Gasteiger partial charge is 0.241 e. The summed E-state index contributed by atoms with van der Waals surface area (Å²) in [6.07, 6.45) is -0.266. The van der Waals surface area contributed by atoms with Crippen LogP contribution in [0.2, 0.25) is 0 Å². The van der Waals surface area contributed by atoms with Crippen LogP contribution in [0, 0.1) is 0 Å². The molecule has 1 atom stereocenters. The van der Waals surface area contributed by atoms with Crippen LogP contribution in [0.1, 0.15) is 12.8 Å².